The van der Waals surface area contributed by atoms with Crippen molar-refractivity contribution in [3.63, 3.8) is 0 Å². The van der Waals surface area contributed by atoms with Gasteiger partial charge < -0.3 is 9.84 Å². The Kier molecular flexibility index (Phi) is 5.71. The molecule has 0 amide bonds. The number of ether oxygens (including phenoxy) is 1. The lowest BCUT2D eigenvalue weighted by molar-refractivity contribution is -0.144. The van der Waals surface area contributed by atoms with Crippen molar-refractivity contribution in [2.24, 2.45) is 11.8 Å². The Morgan fingerprint density at radius 2 is 1.35 bits per heavy atom. The van der Waals surface area contributed by atoms with Gasteiger partial charge in [-0.3, -0.25) is 9.59 Å². The highest BCUT2D eigenvalue weighted by atomic mass is 16.5. The summed E-state index contributed by atoms with van der Waals surface area (Å²) in [6.45, 7) is 2.33. The molecule has 2 saturated carbocycles. The zero-order chi connectivity index (χ0) is 18.5. The van der Waals surface area contributed by atoms with E-state index in [9.17, 15) is 9.59 Å². The van der Waals surface area contributed by atoms with Crippen LogP contribution in [-0.4, -0.2) is 23.7 Å². The average Bonchev–Trinajstić information content (AvgIpc) is 3.57. The molecule has 136 valence electrons. The van der Waals surface area contributed by atoms with E-state index in [4.69, 9.17) is 9.84 Å². The molecule has 4 nitrogen and oxygen atoms in total. The number of aliphatic carboxylic acids is 1. The maximum Gasteiger partial charge on any atom is 0.309 e. The fourth-order valence-corrected chi connectivity index (χ4v) is 3.31. The Bertz CT molecular complexity index is 741. The highest BCUT2D eigenvalue weighted by Gasteiger charge is 2.45. The fourth-order valence-electron chi connectivity index (χ4n) is 3.31. The van der Waals surface area contributed by atoms with Gasteiger partial charge in [0.15, 0.2) is 0 Å². The summed E-state index contributed by atoms with van der Waals surface area (Å²) in [5, 5.41) is 8.68. The van der Waals surface area contributed by atoms with Crippen LogP contribution in [0.5, 0.6) is 0 Å². The predicted octanol–water partition coefficient (Wildman–Crippen LogP) is 4.23. The van der Waals surface area contributed by atoms with Crippen LogP contribution in [0.25, 0.3) is 0 Å². The Balaban J connectivity index is 0.000000152. The van der Waals surface area contributed by atoms with E-state index in [-0.39, 0.29) is 23.7 Å². The molecule has 2 aromatic rings. The minimum Gasteiger partial charge on any atom is -0.481 e. The molecule has 0 heterocycles. The van der Waals surface area contributed by atoms with Gasteiger partial charge in [0.1, 0.15) is 0 Å². The number of esters is 1. The van der Waals surface area contributed by atoms with Crippen LogP contribution in [-0.2, 0) is 14.3 Å². The molecule has 0 spiro atoms. The number of carbonyl (C=O) groups is 2. The molecule has 26 heavy (non-hydrogen) atoms. The largest absolute Gasteiger partial charge is 0.481 e. The van der Waals surface area contributed by atoms with Gasteiger partial charge in [0.25, 0.3) is 0 Å². The zero-order valence-corrected chi connectivity index (χ0v) is 14.9. The van der Waals surface area contributed by atoms with Gasteiger partial charge >= 0.3 is 11.9 Å². The van der Waals surface area contributed by atoms with E-state index >= 15 is 0 Å². The average molecular weight is 352 g/mol. The third-order valence-electron chi connectivity index (χ3n) is 4.94. The molecule has 4 heteroatoms. The molecule has 0 aromatic heterocycles. The molecule has 0 saturated heterocycles. The molecule has 2 aliphatic rings. The van der Waals surface area contributed by atoms with Crippen molar-refractivity contribution in [1.82, 2.24) is 0 Å². The van der Waals surface area contributed by atoms with E-state index in [1.54, 1.807) is 0 Å². The summed E-state index contributed by atoms with van der Waals surface area (Å²) >= 11 is 0. The predicted molar refractivity (Wildman–Crippen MR) is 98.8 cm³/mol. The SMILES string of the molecule is CCOC(=O)C1CC1c1ccccc1.O=C(O)C1CC1c1ccccc1. The van der Waals surface area contributed by atoms with E-state index in [1.807, 2.05) is 55.5 Å². The van der Waals surface area contributed by atoms with Crippen LogP contribution in [0.3, 0.4) is 0 Å². The molecule has 0 aliphatic heterocycles. The topological polar surface area (TPSA) is 63.6 Å². The number of carbonyl (C=O) groups excluding carboxylic acids is 1. The maximum atomic E-state index is 11.4. The third kappa shape index (κ3) is 4.51. The second kappa shape index (κ2) is 8.17. The first-order valence-electron chi connectivity index (χ1n) is 9.11. The van der Waals surface area contributed by atoms with Crippen LogP contribution in [0.1, 0.15) is 42.7 Å². The maximum absolute atomic E-state index is 11.4. The number of hydrogen-bond acceptors (Lipinski definition) is 3. The number of hydrogen-bond donors (Lipinski definition) is 1. The summed E-state index contributed by atoms with van der Waals surface area (Å²) in [6, 6.07) is 20.0. The summed E-state index contributed by atoms with van der Waals surface area (Å²) in [5.74, 6) is -0.0612. The van der Waals surface area contributed by atoms with Crippen LogP contribution in [0, 0.1) is 11.8 Å². The zero-order valence-electron chi connectivity index (χ0n) is 14.9. The number of carboxylic acids is 1. The van der Waals surface area contributed by atoms with E-state index in [1.165, 1.54) is 5.56 Å². The van der Waals surface area contributed by atoms with Gasteiger partial charge in [-0.15, -0.1) is 0 Å². The number of carboxylic acid groups (broad SMARTS) is 1. The minimum absolute atomic E-state index is 0.0404. The lowest BCUT2D eigenvalue weighted by Gasteiger charge is -2.00. The lowest BCUT2D eigenvalue weighted by atomic mass is 10.1. The standard InChI is InChI=1S/C12H14O2.C10H10O2/c1-2-14-12(13)11-8-10(11)9-6-4-3-5-7-9;11-10(12)9-6-8(9)7-4-2-1-3-5-7/h3-7,10-11H,2,8H2,1H3;1-5,8-9H,6H2,(H,11,12). The van der Waals surface area contributed by atoms with Crippen molar-refractivity contribution in [3.8, 4) is 0 Å². The summed E-state index contributed by atoms with van der Waals surface area (Å²) in [6.07, 6.45) is 1.75. The summed E-state index contributed by atoms with van der Waals surface area (Å²) in [4.78, 5) is 21.9. The van der Waals surface area contributed by atoms with Gasteiger partial charge in [-0.1, -0.05) is 60.7 Å². The molecule has 4 rings (SSSR count). The molecular weight excluding hydrogens is 328 g/mol. The second-order valence-corrected chi connectivity index (χ2v) is 6.81. The molecule has 4 unspecified atom stereocenters. The first kappa shape index (κ1) is 18.2. The van der Waals surface area contributed by atoms with E-state index < -0.39 is 5.97 Å². The van der Waals surface area contributed by atoms with E-state index in [0.29, 0.717) is 12.5 Å². The van der Waals surface area contributed by atoms with Gasteiger partial charge in [-0.05, 0) is 42.7 Å². The lowest BCUT2D eigenvalue weighted by Crippen LogP contribution is -2.07. The molecule has 0 bridgehead atoms. The minimum atomic E-state index is -0.663. The van der Waals surface area contributed by atoms with Gasteiger partial charge in [-0.25, -0.2) is 0 Å². The van der Waals surface area contributed by atoms with Crippen LogP contribution >= 0.6 is 0 Å². The summed E-state index contributed by atoms with van der Waals surface area (Å²) in [5.41, 5.74) is 2.41. The molecule has 4 atom stereocenters. The van der Waals surface area contributed by atoms with E-state index in [2.05, 4.69) is 12.1 Å². The Morgan fingerprint density at radius 3 is 1.77 bits per heavy atom. The first-order chi connectivity index (χ1) is 12.6. The molecule has 2 fully saturated rings. The van der Waals surface area contributed by atoms with E-state index in [0.717, 1.165) is 18.4 Å². The molecule has 2 aliphatic carbocycles. The molecule has 0 radical (unpaired) electrons. The van der Waals surface area contributed by atoms with Crippen LogP contribution in [0.2, 0.25) is 0 Å². The molecular formula is C22H24O4. The molecule has 1 N–H and O–H groups in total. The molecule has 2 aromatic carbocycles. The third-order valence-corrected chi connectivity index (χ3v) is 4.94. The van der Waals surface area contributed by atoms with Crippen molar-refractivity contribution in [3.05, 3.63) is 71.8 Å². The van der Waals surface area contributed by atoms with Crippen molar-refractivity contribution >= 4 is 11.9 Å². The normalized spacial score (nSPS) is 25.4. The summed E-state index contributed by atoms with van der Waals surface area (Å²) < 4.78 is 4.98. The number of benzene rings is 2. The van der Waals surface area contributed by atoms with Gasteiger partial charge in [0.2, 0.25) is 0 Å². The van der Waals surface area contributed by atoms with Crippen molar-refractivity contribution in [2.75, 3.05) is 6.61 Å². The Hall–Kier alpha value is -2.62. The number of rotatable bonds is 5. The van der Waals surface area contributed by atoms with Crippen molar-refractivity contribution in [1.29, 1.82) is 0 Å². The quantitative estimate of drug-likeness (QED) is 0.818. The van der Waals surface area contributed by atoms with Crippen molar-refractivity contribution < 1.29 is 19.4 Å². The first-order valence-corrected chi connectivity index (χ1v) is 9.11. The highest BCUT2D eigenvalue weighted by molar-refractivity contribution is 5.77. The second-order valence-electron chi connectivity index (χ2n) is 6.81. The van der Waals surface area contributed by atoms with Gasteiger partial charge in [-0.2, -0.15) is 0 Å². The fraction of sp³-hybridized carbons (Fsp3) is 0.364. The highest BCUT2D eigenvalue weighted by Crippen LogP contribution is 2.48. The van der Waals surface area contributed by atoms with Crippen LogP contribution < -0.4 is 0 Å². The monoisotopic (exact) mass is 352 g/mol. The Morgan fingerprint density at radius 1 is 0.885 bits per heavy atom. The summed E-state index contributed by atoms with van der Waals surface area (Å²) in [7, 11) is 0. The van der Waals surface area contributed by atoms with Crippen LogP contribution in [0.15, 0.2) is 60.7 Å². The van der Waals surface area contributed by atoms with Gasteiger partial charge in [0, 0.05) is 0 Å². The smallest absolute Gasteiger partial charge is 0.309 e. The van der Waals surface area contributed by atoms with Crippen molar-refractivity contribution in [2.45, 2.75) is 31.6 Å². The van der Waals surface area contributed by atoms with Gasteiger partial charge in [0.05, 0.1) is 18.4 Å². The van der Waals surface area contributed by atoms with Crippen LogP contribution in [0.4, 0.5) is 0 Å². The Labute approximate surface area is 153 Å².